The maximum absolute atomic E-state index is 12.4. The van der Waals surface area contributed by atoms with Crippen LogP contribution in [0.5, 0.6) is 0 Å². The number of ether oxygens (including phenoxy) is 1. The molecule has 0 aromatic heterocycles. The molecule has 1 aromatic carbocycles. The van der Waals surface area contributed by atoms with Gasteiger partial charge < -0.3 is 15.0 Å². The lowest BCUT2D eigenvalue weighted by molar-refractivity contribution is -0.144. The Morgan fingerprint density at radius 2 is 2.00 bits per heavy atom. The molecule has 1 atom stereocenters. The summed E-state index contributed by atoms with van der Waals surface area (Å²) in [6.07, 6.45) is 1.47. The van der Waals surface area contributed by atoms with E-state index in [-0.39, 0.29) is 18.4 Å². The summed E-state index contributed by atoms with van der Waals surface area (Å²) in [7, 11) is 0. The highest BCUT2D eigenvalue weighted by atomic mass is 16.5. The zero-order valence-electron chi connectivity index (χ0n) is 12.4. The van der Waals surface area contributed by atoms with Crippen molar-refractivity contribution in [3.05, 3.63) is 35.9 Å². The van der Waals surface area contributed by atoms with Gasteiger partial charge in [-0.1, -0.05) is 37.3 Å². The maximum Gasteiger partial charge on any atom is 0.246 e. The van der Waals surface area contributed by atoms with Crippen LogP contribution >= 0.6 is 0 Å². The summed E-state index contributed by atoms with van der Waals surface area (Å²) >= 11 is 0. The summed E-state index contributed by atoms with van der Waals surface area (Å²) in [6, 6.07) is 9.25. The Labute approximate surface area is 125 Å². The maximum atomic E-state index is 12.4. The highest BCUT2D eigenvalue weighted by Gasteiger charge is 2.32. The van der Waals surface area contributed by atoms with Crippen molar-refractivity contribution < 1.29 is 14.3 Å². The van der Waals surface area contributed by atoms with E-state index in [0.29, 0.717) is 26.2 Å². The highest BCUT2D eigenvalue weighted by Crippen LogP contribution is 2.09. The molecule has 1 fully saturated rings. The summed E-state index contributed by atoms with van der Waals surface area (Å²) in [6.45, 7) is 3.79. The lowest BCUT2D eigenvalue weighted by atomic mass is 10.0. The van der Waals surface area contributed by atoms with E-state index in [1.165, 1.54) is 0 Å². The van der Waals surface area contributed by atoms with E-state index in [1.54, 1.807) is 4.90 Å². The van der Waals surface area contributed by atoms with Gasteiger partial charge in [-0.25, -0.2) is 0 Å². The first-order chi connectivity index (χ1) is 10.2. The average molecular weight is 290 g/mol. The summed E-state index contributed by atoms with van der Waals surface area (Å²) in [4.78, 5) is 25.7. The van der Waals surface area contributed by atoms with Crippen molar-refractivity contribution in [2.75, 3.05) is 26.3 Å². The molecule has 114 valence electrons. The molecule has 1 saturated heterocycles. The predicted octanol–water partition coefficient (Wildman–Crippen LogP) is 0.983. The van der Waals surface area contributed by atoms with Gasteiger partial charge in [0.2, 0.25) is 11.8 Å². The van der Waals surface area contributed by atoms with E-state index in [9.17, 15) is 9.59 Å². The fourth-order valence-electron chi connectivity index (χ4n) is 2.37. The van der Waals surface area contributed by atoms with Crippen molar-refractivity contribution in [2.45, 2.75) is 25.8 Å². The van der Waals surface area contributed by atoms with Crippen LogP contribution in [0.2, 0.25) is 0 Å². The topological polar surface area (TPSA) is 58.6 Å². The minimum Gasteiger partial charge on any atom is -0.380 e. The second-order valence-electron chi connectivity index (χ2n) is 5.18. The van der Waals surface area contributed by atoms with Crippen LogP contribution in [0.25, 0.3) is 0 Å². The highest BCUT2D eigenvalue weighted by molar-refractivity contribution is 5.95. The molecular formula is C16H22N2O3. The number of amides is 2. The summed E-state index contributed by atoms with van der Waals surface area (Å²) in [5.74, 6) is -0.135. The van der Waals surface area contributed by atoms with Gasteiger partial charge in [-0.2, -0.15) is 0 Å². The molecule has 2 amide bonds. The van der Waals surface area contributed by atoms with E-state index in [4.69, 9.17) is 4.74 Å². The second-order valence-corrected chi connectivity index (χ2v) is 5.18. The fourth-order valence-corrected chi connectivity index (χ4v) is 2.37. The van der Waals surface area contributed by atoms with Gasteiger partial charge in [0.25, 0.3) is 0 Å². The Kier molecular flexibility index (Phi) is 5.75. The third kappa shape index (κ3) is 4.56. The molecule has 0 bridgehead atoms. The minimum atomic E-state index is -0.472. The number of hydrogen-bond donors (Lipinski definition) is 1. The molecule has 0 spiro atoms. The molecule has 1 aromatic rings. The van der Waals surface area contributed by atoms with E-state index in [1.807, 2.05) is 37.3 Å². The largest absolute Gasteiger partial charge is 0.380 e. The Hall–Kier alpha value is -1.88. The molecule has 0 aliphatic carbocycles. The molecule has 0 radical (unpaired) electrons. The van der Waals surface area contributed by atoms with Crippen LogP contribution in [-0.4, -0.2) is 49.1 Å². The minimum absolute atomic E-state index is 0.0291. The number of carbonyl (C=O) groups excluding carboxylic acids is 2. The molecule has 1 aliphatic heterocycles. The number of nitrogens with zero attached hydrogens (tertiary/aromatic N) is 1. The molecule has 1 unspecified atom stereocenters. The van der Waals surface area contributed by atoms with E-state index in [0.717, 1.165) is 12.0 Å². The van der Waals surface area contributed by atoms with Gasteiger partial charge in [0, 0.05) is 19.6 Å². The number of carbonyl (C=O) groups is 2. The van der Waals surface area contributed by atoms with Crippen molar-refractivity contribution in [1.29, 1.82) is 0 Å². The molecule has 21 heavy (non-hydrogen) atoms. The molecule has 5 nitrogen and oxygen atoms in total. The van der Waals surface area contributed by atoms with Crippen LogP contribution in [0, 0.1) is 0 Å². The number of rotatable bonds is 7. The molecule has 1 heterocycles. The van der Waals surface area contributed by atoms with Gasteiger partial charge in [0.1, 0.15) is 6.04 Å². The molecule has 1 N–H and O–H groups in total. The van der Waals surface area contributed by atoms with Crippen molar-refractivity contribution >= 4 is 11.8 Å². The lowest BCUT2D eigenvalue weighted by Crippen LogP contribution is -2.59. The summed E-state index contributed by atoms with van der Waals surface area (Å²) in [5, 5.41) is 2.78. The number of benzene rings is 1. The zero-order valence-corrected chi connectivity index (χ0v) is 12.4. The van der Waals surface area contributed by atoms with Crippen LogP contribution in [0.1, 0.15) is 18.9 Å². The van der Waals surface area contributed by atoms with Gasteiger partial charge in [-0.3, -0.25) is 9.59 Å². The van der Waals surface area contributed by atoms with Gasteiger partial charge in [0.05, 0.1) is 13.2 Å². The van der Waals surface area contributed by atoms with Gasteiger partial charge in [0.15, 0.2) is 0 Å². The average Bonchev–Trinajstić information content (AvgIpc) is 2.49. The number of nitrogens with one attached hydrogen (secondary N) is 1. The van der Waals surface area contributed by atoms with E-state index in [2.05, 4.69) is 5.32 Å². The first kappa shape index (κ1) is 15.5. The summed E-state index contributed by atoms with van der Waals surface area (Å²) < 4.78 is 5.40. The second kappa shape index (κ2) is 7.78. The Bertz CT molecular complexity index is 476. The van der Waals surface area contributed by atoms with E-state index < -0.39 is 6.04 Å². The van der Waals surface area contributed by atoms with Gasteiger partial charge in [-0.05, 0) is 12.0 Å². The Balaban J connectivity index is 1.92. The first-order valence-corrected chi connectivity index (χ1v) is 7.40. The van der Waals surface area contributed by atoms with Crippen molar-refractivity contribution in [1.82, 2.24) is 10.2 Å². The monoisotopic (exact) mass is 290 g/mol. The van der Waals surface area contributed by atoms with Crippen LogP contribution in [0.3, 0.4) is 0 Å². The third-order valence-corrected chi connectivity index (χ3v) is 3.42. The first-order valence-electron chi connectivity index (χ1n) is 7.40. The molecule has 5 heteroatoms. The number of piperazine rings is 1. The van der Waals surface area contributed by atoms with Crippen molar-refractivity contribution in [2.24, 2.45) is 0 Å². The smallest absolute Gasteiger partial charge is 0.246 e. The standard InChI is InChI=1S/C16H22N2O3/c1-2-9-21-10-8-18-12-15(19)17-14(16(18)20)11-13-6-4-3-5-7-13/h3-7,14H,2,8-12H2,1H3,(H,17,19). The van der Waals surface area contributed by atoms with Crippen LogP contribution in [0.4, 0.5) is 0 Å². The van der Waals surface area contributed by atoms with Crippen LogP contribution in [0.15, 0.2) is 30.3 Å². The van der Waals surface area contributed by atoms with Crippen molar-refractivity contribution in [3.63, 3.8) is 0 Å². The van der Waals surface area contributed by atoms with Crippen LogP contribution in [-0.2, 0) is 20.7 Å². The Morgan fingerprint density at radius 1 is 1.24 bits per heavy atom. The van der Waals surface area contributed by atoms with Gasteiger partial charge >= 0.3 is 0 Å². The molecular weight excluding hydrogens is 268 g/mol. The number of hydrogen-bond acceptors (Lipinski definition) is 3. The lowest BCUT2D eigenvalue weighted by Gasteiger charge is -2.32. The third-order valence-electron chi connectivity index (χ3n) is 3.42. The molecule has 2 rings (SSSR count). The normalized spacial score (nSPS) is 18.7. The van der Waals surface area contributed by atoms with Crippen molar-refractivity contribution in [3.8, 4) is 0 Å². The quantitative estimate of drug-likeness (QED) is 0.762. The predicted molar refractivity (Wildman–Crippen MR) is 79.8 cm³/mol. The summed E-state index contributed by atoms with van der Waals surface area (Å²) in [5.41, 5.74) is 1.04. The Morgan fingerprint density at radius 3 is 2.71 bits per heavy atom. The molecule has 1 aliphatic rings. The van der Waals surface area contributed by atoms with Gasteiger partial charge in [-0.15, -0.1) is 0 Å². The SMILES string of the molecule is CCCOCCN1CC(=O)NC(Cc2ccccc2)C1=O. The van der Waals surface area contributed by atoms with Crippen LogP contribution < -0.4 is 5.32 Å². The molecule has 0 saturated carbocycles. The van der Waals surface area contributed by atoms with E-state index >= 15 is 0 Å². The zero-order chi connectivity index (χ0) is 15.1. The fraction of sp³-hybridized carbons (Fsp3) is 0.500.